The predicted octanol–water partition coefficient (Wildman–Crippen LogP) is 2.08. The van der Waals surface area contributed by atoms with Gasteiger partial charge in [0.25, 0.3) is 0 Å². The van der Waals surface area contributed by atoms with Crippen LogP contribution in [0, 0.1) is 6.92 Å². The van der Waals surface area contributed by atoms with E-state index in [0.29, 0.717) is 25.1 Å². The second-order valence-electron chi connectivity index (χ2n) is 7.93. The molecule has 156 valence electrons. The standard InChI is InChI=1S/C21H33N3O4/c1-6-9-21(27)15(3)24(4)11-10-20(21,13-18(25)23-19(22)26)17-12-16(28-5)8-7-14(17)2/h7-8,12,15,27H,6,9-11,13H2,1-5H3,(H3,22,23,25,26). The number of ether oxygens (including phenoxy) is 1. The highest BCUT2D eigenvalue weighted by atomic mass is 16.5. The zero-order valence-electron chi connectivity index (χ0n) is 17.5. The molecule has 1 aliphatic rings. The van der Waals surface area contributed by atoms with E-state index in [0.717, 1.165) is 17.5 Å². The van der Waals surface area contributed by atoms with Gasteiger partial charge >= 0.3 is 6.03 Å². The van der Waals surface area contributed by atoms with Crippen molar-refractivity contribution in [3.8, 4) is 5.75 Å². The number of carbonyl (C=O) groups is 2. The molecule has 3 amide bonds. The van der Waals surface area contributed by atoms with E-state index in [1.807, 2.05) is 46.0 Å². The summed E-state index contributed by atoms with van der Waals surface area (Å²) in [5.41, 5.74) is 4.98. The Bertz CT molecular complexity index is 738. The SMILES string of the molecule is CCCC1(O)C(C)N(C)CCC1(CC(=O)NC(N)=O)c1cc(OC)ccc1C. The number of methoxy groups -OCH3 is 1. The molecular weight excluding hydrogens is 358 g/mol. The van der Waals surface area contributed by atoms with Crippen molar-refractivity contribution in [2.45, 2.75) is 63.5 Å². The molecule has 1 aromatic rings. The molecule has 3 unspecified atom stereocenters. The van der Waals surface area contributed by atoms with E-state index >= 15 is 0 Å². The first-order valence-corrected chi connectivity index (χ1v) is 9.78. The molecule has 0 spiro atoms. The Morgan fingerprint density at radius 1 is 1.43 bits per heavy atom. The Balaban J connectivity index is 2.71. The van der Waals surface area contributed by atoms with Crippen molar-refractivity contribution in [2.75, 3.05) is 20.7 Å². The summed E-state index contributed by atoms with van der Waals surface area (Å²) in [6, 6.07) is 4.66. The summed E-state index contributed by atoms with van der Waals surface area (Å²) in [4.78, 5) is 26.1. The lowest BCUT2D eigenvalue weighted by molar-refractivity contribution is -0.147. The number of nitrogens with zero attached hydrogens (tertiary/aromatic N) is 1. The maximum atomic E-state index is 12.7. The van der Waals surface area contributed by atoms with Gasteiger partial charge in [-0.15, -0.1) is 0 Å². The average molecular weight is 392 g/mol. The Morgan fingerprint density at radius 2 is 2.11 bits per heavy atom. The van der Waals surface area contributed by atoms with Crippen LogP contribution < -0.4 is 15.8 Å². The van der Waals surface area contributed by atoms with Crippen LogP contribution in [0.4, 0.5) is 4.79 Å². The molecule has 7 nitrogen and oxygen atoms in total. The van der Waals surface area contributed by atoms with Crippen molar-refractivity contribution in [1.82, 2.24) is 10.2 Å². The molecule has 0 aliphatic carbocycles. The fourth-order valence-corrected chi connectivity index (χ4v) is 4.77. The summed E-state index contributed by atoms with van der Waals surface area (Å²) in [5.74, 6) is 0.182. The highest BCUT2D eigenvalue weighted by molar-refractivity contribution is 5.94. The lowest BCUT2D eigenvalue weighted by Crippen LogP contribution is -2.68. The number of nitrogens with one attached hydrogen (secondary N) is 1. The first-order chi connectivity index (χ1) is 13.1. The van der Waals surface area contributed by atoms with Crippen molar-refractivity contribution in [2.24, 2.45) is 5.73 Å². The van der Waals surface area contributed by atoms with Crippen LogP contribution in [0.5, 0.6) is 5.75 Å². The van der Waals surface area contributed by atoms with Gasteiger partial charge in [-0.2, -0.15) is 0 Å². The third-order valence-electron chi connectivity index (χ3n) is 6.39. The zero-order chi connectivity index (χ0) is 21.1. The van der Waals surface area contributed by atoms with E-state index in [2.05, 4.69) is 10.2 Å². The minimum absolute atomic E-state index is 0.0291. The highest BCUT2D eigenvalue weighted by Crippen LogP contribution is 2.51. The van der Waals surface area contributed by atoms with Crippen LogP contribution >= 0.6 is 0 Å². The van der Waals surface area contributed by atoms with E-state index in [4.69, 9.17) is 10.5 Å². The van der Waals surface area contributed by atoms with E-state index in [1.165, 1.54) is 0 Å². The Hall–Kier alpha value is -2.12. The lowest BCUT2D eigenvalue weighted by Gasteiger charge is -2.57. The van der Waals surface area contributed by atoms with Crippen LogP contribution in [0.15, 0.2) is 18.2 Å². The molecule has 1 aliphatic heterocycles. The normalized spacial score (nSPS) is 28.0. The van der Waals surface area contributed by atoms with Crippen LogP contribution in [0.2, 0.25) is 0 Å². The molecule has 1 heterocycles. The van der Waals surface area contributed by atoms with Crippen LogP contribution in [-0.4, -0.2) is 54.3 Å². The summed E-state index contributed by atoms with van der Waals surface area (Å²) >= 11 is 0. The molecule has 0 radical (unpaired) electrons. The number of hydrogen-bond acceptors (Lipinski definition) is 5. The number of rotatable bonds is 6. The predicted molar refractivity (Wildman–Crippen MR) is 108 cm³/mol. The van der Waals surface area contributed by atoms with Gasteiger partial charge in [-0.25, -0.2) is 4.79 Å². The lowest BCUT2D eigenvalue weighted by atomic mass is 9.56. The maximum absolute atomic E-state index is 12.7. The van der Waals surface area contributed by atoms with E-state index in [1.54, 1.807) is 7.11 Å². The van der Waals surface area contributed by atoms with Crippen molar-refractivity contribution in [3.05, 3.63) is 29.3 Å². The molecule has 0 aromatic heterocycles. The van der Waals surface area contributed by atoms with Crippen LogP contribution in [0.1, 0.15) is 50.7 Å². The second kappa shape index (κ2) is 8.49. The highest BCUT2D eigenvalue weighted by Gasteiger charge is 2.58. The number of amides is 3. The minimum atomic E-state index is -1.17. The second-order valence-corrected chi connectivity index (χ2v) is 7.93. The first-order valence-electron chi connectivity index (χ1n) is 9.78. The number of benzene rings is 1. The zero-order valence-corrected chi connectivity index (χ0v) is 17.5. The molecule has 28 heavy (non-hydrogen) atoms. The molecule has 0 bridgehead atoms. The summed E-state index contributed by atoms with van der Waals surface area (Å²) in [6.45, 7) is 6.70. The fourth-order valence-electron chi connectivity index (χ4n) is 4.77. The Kier molecular flexibility index (Phi) is 6.72. The van der Waals surface area contributed by atoms with Crippen LogP contribution in [-0.2, 0) is 10.2 Å². The number of urea groups is 1. The van der Waals surface area contributed by atoms with Gasteiger partial charge in [-0.05, 0) is 63.5 Å². The molecule has 3 atom stereocenters. The van der Waals surface area contributed by atoms with Crippen molar-refractivity contribution < 1.29 is 19.4 Å². The summed E-state index contributed by atoms with van der Waals surface area (Å²) in [6.07, 6.45) is 1.83. The molecule has 1 saturated heterocycles. The number of piperidine rings is 1. The van der Waals surface area contributed by atoms with Gasteiger partial charge in [0.1, 0.15) is 5.75 Å². The fraction of sp³-hybridized carbons (Fsp3) is 0.619. The van der Waals surface area contributed by atoms with E-state index in [9.17, 15) is 14.7 Å². The van der Waals surface area contributed by atoms with Gasteiger partial charge in [0, 0.05) is 17.9 Å². The summed E-state index contributed by atoms with van der Waals surface area (Å²) in [5, 5.41) is 14.2. The number of hydrogen-bond donors (Lipinski definition) is 3. The number of carbonyl (C=O) groups excluding carboxylic acids is 2. The molecule has 4 N–H and O–H groups in total. The third-order valence-corrected chi connectivity index (χ3v) is 6.39. The van der Waals surface area contributed by atoms with Gasteiger partial charge in [0.2, 0.25) is 5.91 Å². The number of imide groups is 1. The molecule has 2 rings (SSSR count). The average Bonchev–Trinajstić information content (AvgIpc) is 2.63. The van der Waals surface area contributed by atoms with E-state index in [-0.39, 0.29) is 12.5 Å². The number of aryl methyl sites for hydroxylation is 1. The van der Waals surface area contributed by atoms with Gasteiger partial charge in [-0.1, -0.05) is 19.4 Å². The maximum Gasteiger partial charge on any atom is 0.318 e. The van der Waals surface area contributed by atoms with Crippen LogP contribution in [0.3, 0.4) is 0 Å². The quantitative estimate of drug-likeness (QED) is 0.689. The smallest absolute Gasteiger partial charge is 0.318 e. The number of primary amides is 1. The molecular formula is C21H33N3O4. The molecule has 1 aromatic carbocycles. The summed E-state index contributed by atoms with van der Waals surface area (Å²) in [7, 11) is 3.58. The van der Waals surface area contributed by atoms with Gasteiger partial charge in [-0.3, -0.25) is 10.1 Å². The number of nitrogens with two attached hydrogens (primary N) is 1. The number of likely N-dealkylation sites (tertiary alicyclic amines) is 1. The molecule has 7 heteroatoms. The van der Waals surface area contributed by atoms with Crippen molar-refractivity contribution in [3.63, 3.8) is 0 Å². The Morgan fingerprint density at radius 3 is 2.68 bits per heavy atom. The molecule has 1 fully saturated rings. The van der Waals surface area contributed by atoms with Crippen molar-refractivity contribution >= 4 is 11.9 Å². The largest absolute Gasteiger partial charge is 0.497 e. The van der Waals surface area contributed by atoms with Gasteiger partial charge in [0.05, 0.1) is 12.7 Å². The summed E-state index contributed by atoms with van der Waals surface area (Å²) < 4.78 is 5.42. The third kappa shape index (κ3) is 3.86. The molecule has 0 saturated carbocycles. The van der Waals surface area contributed by atoms with Crippen molar-refractivity contribution in [1.29, 1.82) is 0 Å². The number of likely N-dealkylation sites (N-methyl/N-ethyl adjacent to an activating group) is 1. The van der Waals surface area contributed by atoms with Crippen LogP contribution in [0.25, 0.3) is 0 Å². The topological polar surface area (TPSA) is 105 Å². The number of aliphatic hydroxyl groups is 1. The monoisotopic (exact) mass is 391 g/mol. The first kappa shape index (κ1) is 22.2. The minimum Gasteiger partial charge on any atom is -0.497 e. The van der Waals surface area contributed by atoms with Gasteiger partial charge in [0.15, 0.2) is 0 Å². The van der Waals surface area contributed by atoms with Gasteiger partial charge < -0.3 is 20.5 Å². The van der Waals surface area contributed by atoms with E-state index < -0.39 is 23.0 Å². The Labute approximate surface area is 167 Å².